The van der Waals surface area contributed by atoms with Crippen LogP contribution in [0.4, 0.5) is 0 Å². The Balaban J connectivity index is 1.78. The summed E-state index contributed by atoms with van der Waals surface area (Å²) in [4.78, 5) is 97.1. The summed E-state index contributed by atoms with van der Waals surface area (Å²) in [5.74, 6) is -3.87. The number of ether oxygens (including phenoxy) is 2. The predicted octanol–water partition coefficient (Wildman–Crippen LogP) is -2.06. The van der Waals surface area contributed by atoms with Crippen molar-refractivity contribution in [3.8, 4) is 0 Å². The molecule has 2 aliphatic rings. The van der Waals surface area contributed by atoms with Crippen LogP contribution in [0.1, 0.15) is 24.9 Å². The first kappa shape index (κ1) is 17.8. The topological polar surface area (TPSA) is 165 Å². The van der Waals surface area contributed by atoms with Crippen LogP contribution in [0.2, 0.25) is 0 Å². The summed E-state index contributed by atoms with van der Waals surface area (Å²) >= 11 is 0. The molecule has 30 heavy (non-hydrogen) atoms. The molecule has 2 atom stereocenters. The SMILES string of the molecule is O=C1CC(n2c(=O)c3cc4c(=O)n(C5CC(=O)OC5=O)c(=O)c4cc3c2=O)C(=O)O1. The molecule has 12 heteroatoms. The van der Waals surface area contributed by atoms with Gasteiger partial charge >= 0.3 is 23.9 Å². The number of fused-ring (bicyclic) bond motifs is 2. The van der Waals surface area contributed by atoms with E-state index in [0.29, 0.717) is 9.13 Å². The molecule has 2 aromatic heterocycles. The summed E-state index contributed by atoms with van der Waals surface area (Å²) in [7, 11) is 0. The van der Waals surface area contributed by atoms with Crippen molar-refractivity contribution in [1.82, 2.24) is 9.13 Å². The highest BCUT2D eigenvalue weighted by Gasteiger charge is 2.39. The first-order chi connectivity index (χ1) is 14.2. The average Bonchev–Trinajstić information content (AvgIpc) is 3.33. The van der Waals surface area contributed by atoms with Crippen molar-refractivity contribution >= 4 is 45.4 Å². The summed E-state index contributed by atoms with van der Waals surface area (Å²) in [5.41, 5.74) is -3.71. The van der Waals surface area contributed by atoms with E-state index in [0.717, 1.165) is 12.1 Å². The number of hydrogen-bond acceptors (Lipinski definition) is 10. The van der Waals surface area contributed by atoms with Gasteiger partial charge < -0.3 is 9.47 Å². The van der Waals surface area contributed by atoms with Crippen molar-refractivity contribution in [2.24, 2.45) is 0 Å². The van der Waals surface area contributed by atoms with E-state index in [4.69, 9.17) is 0 Å². The Bertz CT molecular complexity index is 1370. The van der Waals surface area contributed by atoms with Crippen LogP contribution in [-0.2, 0) is 28.7 Å². The molecule has 0 saturated carbocycles. The lowest BCUT2D eigenvalue weighted by Crippen LogP contribution is -2.33. The predicted molar refractivity (Wildman–Crippen MR) is 94.4 cm³/mol. The number of hydrogen-bond donors (Lipinski definition) is 0. The zero-order valence-electron chi connectivity index (χ0n) is 14.7. The van der Waals surface area contributed by atoms with E-state index in [2.05, 4.69) is 9.47 Å². The van der Waals surface area contributed by atoms with Crippen LogP contribution in [0, 0.1) is 0 Å². The maximum absolute atomic E-state index is 12.7. The molecule has 3 aromatic rings. The molecule has 0 spiro atoms. The molecule has 2 unspecified atom stereocenters. The summed E-state index contributed by atoms with van der Waals surface area (Å²) in [6.07, 6.45) is -0.985. The lowest BCUT2D eigenvalue weighted by atomic mass is 10.1. The van der Waals surface area contributed by atoms with Crippen LogP contribution in [0.3, 0.4) is 0 Å². The maximum Gasteiger partial charge on any atom is 0.337 e. The van der Waals surface area contributed by atoms with Gasteiger partial charge in [-0.15, -0.1) is 0 Å². The van der Waals surface area contributed by atoms with Crippen LogP contribution < -0.4 is 22.2 Å². The van der Waals surface area contributed by atoms with Gasteiger partial charge in [0.25, 0.3) is 22.2 Å². The molecule has 2 aliphatic heterocycles. The Labute approximate surface area is 162 Å². The fourth-order valence-corrected chi connectivity index (χ4v) is 3.90. The molecule has 5 rings (SSSR count). The van der Waals surface area contributed by atoms with Gasteiger partial charge in [0.1, 0.15) is 12.1 Å². The molecular formula is C18H8N2O10. The Morgan fingerprint density at radius 3 is 1.10 bits per heavy atom. The normalized spacial score (nSPS) is 21.7. The molecule has 150 valence electrons. The van der Waals surface area contributed by atoms with E-state index in [1.165, 1.54) is 0 Å². The van der Waals surface area contributed by atoms with Gasteiger partial charge in [0.05, 0.1) is 34.4 Å². The van der Waals surface area contributed by atoms with E-state index >= 15 is 0 Å². The Morgan fingerprint density at radius 1 is 0.567 bits per heavy atom. The minimum atomic E-state index is -1.43. The van der Waals surface area contributed by atoms with Crippen molar-refractivity contribution < 1.29 is 28.7 Å². The minimum absolute atomic E-state index is 0.237. The summed E-state index contributed by atoms with van der Waals surface area (Å²) < 4.78 is 9.88. The lowest BCUT2D eigenvalue weighted by molar-refractivity contribution is -0.154. The van der Waals surface area contributed by atoms with Crippen molar-refractivity contribution in [2.45, 2.75) is 24.9 Å². The largest absolute Gasteiger partial charge is 0.392 e. The van der Waals surface area contributed by atoms with Crippen molar-refractivity contribution in [2.75, 3.05) is 0 Å². The van der Waals surface area contributed by atoms with Crippen LogP contribution in [0.25, 0.3) is 21.5 Å². The highest BCUT2D eigenvalue weighted by molar-refractivity contribution is 6.00. The Morgan fingerprint density at radius 2 is 0.867 bits per heavy atom. The molecule has 1 aromatic carbocycles. The molecule has 0 N–H and O–H groups in total. The second-order valence-electron chi connectivity index (χ2n) is 6.93. The van der Waals surface area contributed by atoms with Gasteiger partial charge in [-0.25, -0.2) is 9.59 Å². The standard InChI is InChI=1S/C18H8N2O10/c21-11-3-9(17(27)29-11)19-13(23)5-1-6-8(2-7(5)15(19)25)16(26)20(14(6)24)10-4-12(22)30-18(10)28/h1-2,9-10H,3-4H2. The Hall–Kier alpha value is -4.22. The second-order valence-corrected chi connectivity index (χ2v) is 6.93. The zero-order valence-corrected chi connectivity index (χ0v) is 14.7. The van der Waals surface area contributed by atoms with Crippen molar-refractivity contribution in [1.29, 1.82) is 0 Å². The van der Waals surface area contributed by atoms with Gasteiger partial charge in [0.2, 0.25) is 0 Å². The van der Waals surface area contributed by atoms with Crippen LogP contribution >= 0.6 is 0 Å². The Kier molecular flexibility index (Phi) is 3.36. The van der Waals surface area contributed by atoms with Gasteiger partial charge in [-0.2, -0.15) is 0 Å². The summed E-state index contributed by atoms with van der Waals surface area (Å²) in [6, 6.07) is -0.811. The molecule has 12 nitrogen and oxygen atoms in total. The monoisotopic (exact) mass is 412 g/mol. The number of aromatic nitrogens is 2. The van der Waals surface area contributed by atoms with Gasteiger partial charge in [-0.3, -0.25) is 37.9 Å². The lowest BCUT2D eigenvalue weighted by Gasteiger charge is -2.03. The molecule has 0 bridgehead atoms. The van der Waals surface area contributed by atoms with Crippen molar-refractivity contribution in [3.05, 3.63) is 53.5 Å². The summed E-state index contributed by atoms with van der Waals surface area (Å²) in [5, 5.41) is -0.948. The smallest absolute Gasteiger partial charge is 0.337 e. The fraction of sp³-hybridized carbons (Fsp3) is 0.222. The number of carbonyl (C=O) groups is 4. The molecule has 0 radical (unpaired) electrons. The molecule has 0 amide bonds. The number of cyclic esters (lactones) is 4. The number of rotatable bonds is 2. The van der Waals surface area contributed by atoms with E-state index in [-0.39, 0.29) is 21.5 Å². The van der Waals surface area contributed by atoms with Gasteiger partial charge in [-0.1, -0.05) is 0 Å². The van der Waals surface area contributed by atoms with Crippen LogP contribution in [0.5, 0.6) is 0 Å². The molecule has 4 heterocycles. The number of nitrogens with zero attached hydrogens (tertiary/aromatic N) is 2. The highest BCUT2D eigenvalue weighted by atomic mass is 16.6. The van der Waals surface area contributed by atoms with E-state index in [1.54, 1.807) is 0 Å². The minimum Gasteiger partial charge on any atom is -0.392 e. The number of carbonyl (C=O) groups excluding carboxylic acids is 4. The average molecular weight is 412 g/mol. The fourth-order valence-electron chi connectivity index (χ4n) is 3.90. The first-order valence-electron chi connectivity index (χ1n) is 8.62. The molecular weight excluding hydrogens is 404 g/mol. The number of benzene rings is 1. The molecule has 2 fully saturated rings. The third-order valence-electron chi connectivity index (χ3n) is 5.27. The molecule has 0 aliphatic carbocycles. The first-order valence-corrected chi connectivity index (χ1v) is 8.62. The molecule has 2 saturated heterocycles. The van der Waals surface area contributed by atoms with E-state index < -0.39 is 71.0 Å². The maximum atomic E-state index is 12.7. The van der Waals surface area contributed by atoms with E-state index in [9.17, 15) is 38.4 Å². The van der Waals surface area contributed by atoms with E-state index in [1.807, 2.05) is 0 Å². The van der Waals surface area contributed by atoms with Crippen LogP contribution in [-0.4, -0.2) is 33.0 Å². The zero-order chi connectivity index (χ0) is 21.5. The van der Waals surface area contributed by atoms with Crippen LogP contribution in [0.15, 0.2) is 31.3 Å². The number of esters is 4. The third kappa shape index (κ3) is 2.15. The summed E-state index contributed by atoms with van der Waals surface area (Å²) in [6.45, 7) is 0. The van der Waals surface area contributed by atoms with Gasteiger partial charge in [-0.05, 0) is 12.1 Å². The second kappa shape index (κ2) is 5.65. The highest BCUT2D eigenvalue weighted by Crippen LogP contribution is 2.23. The van der Waals surface area contributed by atoms with Crippen molar-refractivity contribution in [3.63, 3.8) is 0 Å². The van der Waals surface area contributed by atoms with Gasteiger partial charge in [0.15, 0.2) is 0 Å². The quantitative estimate of drug-likeness (QED) is 0.337. The third-order valence-corrected chi connectivity index (χ3v) is 5.27. The van der Waals surface area contributed by atoms with Gasteiger partial charge in [0, 0.05) is 0 Å².